The number of anilines is 1. The molecule has 1 aliphatic heterocycles. The van der Waals surface area contributed by atoms with Gasteiger partial charge in [0.1, 0.15) is 10.7 Å². The number of ether oxygens (including phenoxy) is 1. The van der Waals surface area contributed by atoms with Crippen molar-refractivity contribution < 1.29 is 4.74 Å². The van der Waals surface area contributed by atoms with Gasteiger partial charge in [-0.05, 0) is 55.0 Å². The molecule has 0 saturated carbocycles. The van der Waals surface area contributed by atoms with E-state index in [9.17, 15) is 4.79 Å². The summed E-state index contributed by atoms with van der Waals surface area (Å²) in [5, 5.41) is 0.812. The van der Waals surface area contributed by atoms with Crippen molar-refractivity contribution in [2.75, 3.05) is 31.2 Å². The number of hydrogen-bond donors (Lipinski definition) is 1. The maximum Gasteiger partial charge on any atom is 0.260 e. The Kier molecular flexibility index (Phi) is 4.74. The minimum Gasteiger partial charge on any atom is -0.378 e. The summed E-state index contributed by atoms with van der Waals surface area (Å²) in [4.78, 5) is 24.8. The van der Waals surface area contributed by atoms with Crippen LogP contribution in [-0.2, 0) is 17.6 Å². The maximum atomic E-state index is 12.6. The molecule has 0 radical (unpaired) electrons. The molecule has 2 aliphatic rings. The van der Waals surface area contributed by atoms with Gasteiger partial charge in [-0.2, -0.15) is 0 Å². The van der Waals surface area contributed by atoms with E-state index in [0.717, 1.165) is 54.9 Å². The number of rotatable bonds is 3. The van der Waals surface area contributed by atoms with Crippen LogP contribution in [0.5, 0.6) is 0 Å². The zero-order chi connectivity index (χ0) is 18.9. The summed E-state index contributed by atoms with van der Waals surface area (Å²) in [6.07, 6.45) is 8.36. The predicted octanol–water partition coefficient (Wildman–Crippen LogP) is 3.87. The molecule has 3 aromatic rings. The molecule has 1 saturated heterocycles. The Labute approximate surface area is 167 Å². The first-order valence-corrected chi connectivity index (χ1v) is 10.7. The van der Waals surface area contributed by atoms with Gasteiger partial charge in [-0.3, -0.25) is 4.79 Å². The summed E-state index contributed by atoms with van der Waals surface area (Å²) in [7, 11) is 0. The summed E-state index contributed by atoms with van der Waals surface area (Å²) in [5.74, 6) is 0.619. The minimum absolute atomic E-state index is 0.00767. The zero-order valence-corrected chi connectivity index (χ0v) is 16.6. The molecule has 0 amide bonds. The van der Waals surface area contributed by atoms with Crippen LogP contribution in [0.15, 0.2) is 29.1 Å². The molecule has 0 unspecified atom stereocenters. The van der Waals surface area contributed by atoms with E-state index in [4.69, 9.17) is 9.72 Å². The zero-order valence-electron chi connectivity index (χ0n) is 15.7. The lowest BCUT2D eigenvalue weighted by Crippen LogP contribution is -2.36. The number of aromatic amines is 1. The summed E-state index contributed by atoms with van der Waals surface area (Å²) < 4.78 is 5.41. The van der Waals surface area contributed by atoms with Gasteiger partial charge in [0.25, 0.3) is 5.56 Å². The standard InChI is InChI=1S/C22H23N3O2S/c26-21-20-17-3-1-2-4-18(17)28-22(20)24-19(23-21)10-7-15-5-8-16(9-6-15)25-11-13-27-14-12-25/h5-10H,1-4,11-14H2,(H,23,24,26)/b10-7+. The summed E-state index contributed by atoms with van der Waals surface area (Å²) in [6, 6.07) is 8.47. The molecule has 1 aromatic carbocycles. The highest BCUT2D eigenvalue weighted by Crippen LogP contribution is 2.33. The van der Waals surface area contributed by atoms with E-state index in [0.29, 0.717) is 5.82 Å². The molecule has 5 nitrogen and oxygen atoms in total. The van der Waals surface area contributed by atoms with Gasteiger partial charge in [0, 0.05) is 23.7 Å². The molecule has 144 valence electrons. The number of benzene rings is 1. The van der Waals surface area contributed by atoms with Gasteiger partial charge in [-0.1, -0.05) is 18.2 Å². The number of aryl methyl sites for hydroxylation is 2. The second-order valence-corrected chi connectivity index (χ2v) is 8.45. The molecule has 1 aliphatic carbocycles. The normalized spacial score (nSPS) is 17.4. The van der Waals surface area contributed by atoms with Gasteiger partial charge in [-0.15, -0.1) is 11.3 Å². The summed E-state index contributed by atoms with van der Waals surface area (Å²) >= 11 is 1.69. The van der Waals surface area contributed by atoms with Crippen molar-refractivity contribution in [3.8, 4) is 0 Å². The van der Waals surface area contributed by atoms with Gasteiger partial charge in [0.15, 0.2) is 0 Å². The Morgan fingerprint density at radius 1 is 1.07 bits per heavy atom. The Balaban J connectivity index is 1.38. The van der Waals surface area contributed by atoms with Crippen molar-refractivity contribution in [2.24, 2.45) is 0 Å². The quantitative estimate of drug-likeness (QED) is 0.734. The number of hydrogen-bond acceptors (Lipinski definition) is 5. The fraction of sp³-hybridized carbons (Fsp3) is 0.364. The van der Waals surface area contributed by atoms with E-state index in [2.05, 4.69) is 34.1 Å². The fourth-order valence-electron chi connectivity index (χ4n) is 4.05. The third kappa shape index (κ3) is 3.38. The number of thiophene rings is 1. The SMILES string of the molecule is O=c1[nH]c(/C=C/c2ccc(N3CCOCC3)cc2)nc2sc3c(c12)CCCC3. The summed E-state index contributed by atoms with van der Waals surface area (Å²) in [5.41, 5.74) is 3.53. The monoisotopic (exact) mass is 393 g/mol. The lowest BCUT2D eigenvalue weighted by atomic mass is 9.97. The van der Waals surface area contributed by atoms with E-state index in [1.165, 1.54) is 29.0 Å². The highest BCUT2D eigenvalue weighted by atomic mass is 32.1. The lowest BCUT2D eigenvalue weighted by molar-refractivity contribution is 0.122. The van der Waals surface area contributed by atoms with Crippen LogP contribution in [0.4, 0.5) is 5.69 Å². The van der Waals surface area contributed by atoms with Gasteiger partial charge in [0.2, 0.25) is 0 Å². The van der Waals surface area contributed by atoms with Crippen LogP contribution < -0.4 is 10.5 Å². The number of H-pyrrole nitrogens is 1. The van der Waals surface area contributed by atoms with Crippen LogP contribution in [0.1, 0.15) is 34.7 Å². The van der Waals surface area contributed by atoms with Gasteiger partial charge in [-0.25, -0.2) is 4.98 Å². The van der Waals surface area contributed by atoms with Crippen LogP contribution in [0, 0.1) is 0 Å². The van der Waals surface area contributed by atoms with Gasteiger partial charge < -0.3 is 14.6 Å². The van der Waals surface area contributed by atoms with Crippen molar-refractivity contribution in [3.05, 3.63) is 56.4 Å². The number of morpholine rings is 1. The van der Waals surface area contributed by atoms with Crippen molar-refractivity contribution in [1.29, 1.82) is 0 Å². The minimum atomic E-state index is -0.00767. The van der Waals surface area contributed by atoms with Crippen molar-refractivity contribution >= 4 is 39.4 Å². The number of nitrogens with one attached hydrogen (secondary N) is 1. The second kappa shape index (κ2) is 7.53. The Morgan fingerprint density at radius 3 is 2.68 bits per heavy atom. The van der Waals surface area contributed by atoms with E-state index in [1.54, 1.807) is 11.3 Å². The van der Waals surface area contributed by atoms with Crippen molar-refractivity contribution in [3.63, 3.8) is 0 Å². The van der Waals surface area contributed by atoms with Crippen LogP contribution in [0.3, 0.4) is 0 Å². The molecule has 6 heteroatoms. The molecule has 1 fully saturated rings. The highest BCUT2D eigenvalue weighted by Gasteiger charge is 2.19. The molecular formula is C22H23N3O2S. The molecule has 28 heavy (non-hydrogen) atoms. The Bertz CT molecular complexity index is 1080. The van der Waals surface area contributed by atoms with Crippen LogP contribution >= 0.6 is 11.3 Å². The predicted molar refractivity (Wildman–Crippen MR) is 115 cm³/mol. The Hall–Kier alpha value is -2.44. The first kappa shape index (κ1) is 17.6. The molecule has 3 heterocycles. The van der Waals surface area contributed by atoms with E-state index in [1.807, 2.05) is 12.2 Å². The van der Waals surface area contributed by atoms with Crippen LogP contribution in [0.2, 0.25) is 0 Å². The van der Waals surface area contributed by atoms with E-state index in [-0.39, 0.29) is 5.56 Å². The molecule has 0 spiro atoms. The molecule has 2 aromatic heterocycles. The molecule has 0 bridgehead atoms. The summed E-state index contributed by atoms with van der Waals surface area (Å²) in [6.45, 7) is 3.45. The van der Waals surface area contributed by atoms with Crippen LogP contribution in [-0.4, -0.2) is 36.3 Å². The lowest BCUT2D eigenvalue weighted by Gasteiger charge is -2.28. The van der Waals surface area contributed by atoms with Crippen molar-refractivity contribution in [2.45, 2.75) is 25.7 Å². The molecule has 0 atom stereocenters. The van der Waals surface area contributed by atoms with Crippen molar-refractivity contribution in [1.82, 2.24) is 9.97 Å². The maximum absolute atomic E-state index is 12.6. The second-order valence-electron chi connectivity index (χ2n) is 7.37. The third-order valence-electron chi connectivity index (χ3n) is 5.55. The first-order valence-electron chi connectivity index (χ1n) is 9.93. The van der Waals surface area contributed by atoms with E-state index >= 15 is 0 Å². The van der Waals surface area contributed by atoms with Gasteiger partial charge in [0.05, 0.1) is 18.6 Å². The number of nitrogens with zero attached hydrogens (tertiary/aromatic N) is 2. The average Bonchev–Trinajstić information content (AvgIpc) is 3.12. The number of aromatic nitrogens is 2. The fourth-order valence-corrected chi connectivity index (χ4v) is 5.32. The largest absolute Gasteiger partial charge is 0.378 e. The first-order chi connectivity index (χ1) is 13.8. The third-order valence-corrected chi connectivity index (χ3v) is 6.73. The topological polar surface area (TPSA) is 58.2 Å². The van der Waals surface area contributed by atoms with E-state index < -0.39 is 0 Å². The smallest absolute Gasteiger partial charge is 0.260 e. The number of fused-ring (bicyclic) bond motifs is 3. The average molecular weight is 394 g/mol. The van der Waals surface area contributed by atoms with Crippen LogP contribution in [0.25, 0.3) is 22.4 Å². The Morgan fingerprint density at radius 2 is 1.86 bits per heavy atom. The molecular weight excluding hydrogens is 370 g/mol. The molecule has 1 N–H and O–H groups in total. The highest BCUT2D eigenvalue weighted by molar-refractivity contribution is 7.18. The molecule has 5 rings (SSSR count). The van der Waals surface area contributed by atoms with Gasteiger partial charge >= 0.3 is 0 Å².